The summed E-state index contributed by atoms with van der Waals surface area (Å²) in [4.78, 5) is 5.18. The van der Waals surface area contributed by atoms with Crippen molar-refractivity contribution >= 4 is 0 Å². The SMILES string of the molecule is CC(C)O[C@H]1CC[C@H](CCCCN2CCN(C)C(C)(C)C2)CC1. The van der Waals surface area contributed by atoms with Gasteiger partial charge in [-0.3, -0.25) is 4.90 Å². The fraction of sp³-hybridized carbons (Fsp3) is 1.00. The first-order chi connectivity index (χ1) is 10.9. The molecular weight excluding hydrogens is 284 g/mol. The topological polar surface area (TPSA) is 15.7 Å². The number of hydrogen-bond donors (Lipinski definition) is 0. The molecule has 0 aromatic carbocycles. The molecular formula is C20H40N2O. The molecule has 1 aliphatic heterocycles. The van der Waals surface area contributed by atoms with Crippen molar-refractivity contribution in [1.29, 1.82) is 0 Å². The summed E-state index contributed by atoms with van der Waals surface area (Å²) in [6, 6.07) is 0. The van der Waals surface area contributed by atoms with E-state index < -0.39 is 0 Å². The van der Waals surface area contributed by atoms with E-state index in [9.17, 15) is 0 Å². The minimum absolute atomic E-state index is 0.340. The van der Waals surface area contributed by atoms with Crippen LogP contribution in [0.15, 0.2) is 0 Å². The van der Waals surface area contributed by atoms with Gasteiger partial charge in [-0.05, 0) is 79.3 Å². The van der Waals surface area contributed by atoms with E-state index in [1.54, 1.807) is 0 Å². The molecule has 0 amide bonds. The zero-order valence-corrected chi connectivity index (χ0v) is 16.3. The van der Waals surface area contributed by atoms with Crippen molar-refractivity contribution in [2.45, 2.75) is 90.4 Å². The van der Waals surface area contributed by atoms with Crippen molar-refractivity contribution in [1.82, 2.24) is 9.80 Å². The lowest BCUT2D eigenvalue weighted by Crippen LogP contribution is -2.57. The van der Waals surface area contributed by atoms with Crippen LogP contribution in [0.5, 0.6) is 0 Å². The first kappa shape index (κ1) is 19.2. The third kappa shape index (κ3) is 6.36. The van der Waals surface area contributed by atoms with Crippen LogP contribution < -0.4 is 0 Å². The van der Waals surface area contributed by atoms with Crippen molar-refractivity contribution in [3.05, 3.63) is 0 Å². The Hall–Kier alpha value is -0.120. The summed E-state index contributed by atoms with van der Waals surface area (Å²) < 4.78 is 5.96. The van der Waals surface area contributed by atoms with Gasteiger partial charge in [0.2, 0.25) is 0 Å². The van der Waals surface area contributed by atoms with Gasteiger partial charge >= 0.3 is 0 Å². The first-order valence-electron chi connectivity index (χ1n) is 9.96. The molecule has 1 aliphatic carbocycles. The number of hydrogen-bond acceptors (Lipinski definition) is 3. The zero-order chi connectivity index (χ0) is 16.9. The standard InChI is InChI=1S/C20H40N2O/c1-17(2)23-19-11-9-18(10-12-19)8-6-7-13-22-15-14-21(5)20(3,4)16-22/h17-19H,6-16H2,1-5H3/t18-,19-. The van der Waals surface area contributed by atoms with Crippen LogP contribution in [0, 0.1) is 5.92 Å². The second-order valence-corrected chi connectivity index (χ2v) is 8.83. The molecule has 2 fully saturated rings. The summed E-state index contributed by atoms with van der Waals surface area (Å²) in [6.07, 6.45) is 10.5. The molecule has 23 heavy (non-hydrogen) atoms. The maximum absolute atomic E-state index is 5.96. The Morgan fingerprint density at radius 1 is 1.04 bits per heavy atom. The van der Waals surface area contributed by atoms with Gasteiger partial charge in [-0.1, -0.05) is 12.8 Å². The molecule has 0 N–H and O–H groups in total. The van der Waals surface area contributed by atoms with Crippen LogP contribution in [0.4, 0.5) is 0 Å². The number of nitrogens with zero attached hydrogens (tertiary/aromatic N) is 2. The van der Waals surface area contributed by atoms with Gasteiger partial charge < -0.3 is 9.64 Å². The van der Waals surface area contributed by atoms with Crippen LogP contribution >= 0.6 is 0 Å². The van der Waals surface area contributed by atoms with E-state index in [-0.39, 0.29) is 0 Å². The second-order valence-electron chi connectivity index (χ2n) is 8.83. The van der Waals surface area contributed by atoms with Gasteiger partial charge in [-0.25, -0.2) is 0 Å². The van der Waals surface area contributed by atoms with Crippen LogP contribution in [-0.4, -0.2) is 60.8 Å². The van der Waals surface area contributed by atoms with Crippen molar-refractivity contribution in [3.63, 3.8) is 0 Å². The maximum Gasteiger partial charge on any atom is 0.0578 e. The molecule has 1 heterocycles. The van der Waals surface area contributed by atoms with Crippen LogP contribution in [0.2, 0.25) is 0 Å². The van der Waals surface area contributed by atoms with Gasteiger partial charge in [-0.15, -0.1) is 0 Å². The largest absolute Gasteiger partial charge is 0.376 e. The third-order valence-corrected chi connectivity index (χ3v) is 5.99. The monoisotopic (exact) mass is 324 g/mol. The number of unbranched alkanes of at least 4 members (excludes halogenated alkanes) is 1. The molecule has 0 aromatic heterocycles. The molecule has 0 radical (unpaired) electrons. The minimum atomic E-state index is 0.340. The van der Waals surface area contributed by atoms with Gasteiger partial charge in [0.25, 0.3) is 0 Å². The lowest BCUT2D eigenvalue weighted by atomic mass is 9.84. The lowest BCUT2D eigenvalue weighted by Gasteiger charge is -2.45. The molecule has 0 spiro atoms. The second kappa shape index (κ2) is 8.82. The highest BCUT2D eigenvalue weighted by atomic mass is 16.5. The van der Waals surface area contributed by atoms with Crippen LogP contribution in [-0.2, 0) is 4.74 Å². The average Bonchev–Trinajstić information content (AvgIpc) is 2.48. The molecule has 3 heteroatoms. The number of ether oxygens (including phenoxy) is 1. The Balaban J connectivity index is 1.55. The highest BCUT2D eigenvalue weighted by Gasteiger charge is 2.30. The van der Waals surface area contributed by atoms with E-state index in [1.807, 2.05) is 0 Å². The molecule has 1 saturated heterocycles. The number of likely N-dealkylation sites (N-methyl/N-ethyl adjacent to an activating group) is 1. The van der Waals surface area contributed by atoms with E-state index >= 15 is 0 Å². The van der Waals surface area contributed by atoms with E-state index in [0.717, 1.165) is 5.92 Å². The molecule has 0 bridgehead atoms. The predicted octanol–water partition coefficient (Wildman–Crippen LogP) is 4.17. The average molecular weight is 325 g/mol. The quantitative estimate of drug-likeness (QED) is 0.654. The summed E-state index contributed by atoms with van der Waals surface area (Å²) in [5, 5.41) is 0. The Morgan fingerprint density at radius 2 is 1.74 bits per heavy atom. The summed E-state index contributed by atoms with van der Waals surface area (Å²) >= 11 is 0. The molecule has 136 valence electrons. The fourth-order valence-corrected chi connectivity index (χ4v) is 4.24. The highest BCUT2D eigenvalue weighted by molar-refractivity contribution is 4.88. The van der Waals surface area contributed by atoms with E-state index in [0.29, 0.717) is 17.7 Å². The van der Waals surface area contributed by atoms with Crippen molar-refractivity contribution < 1.29 is 4.74 Å². The predicted molar refractivity (Wildman–Crippen MR) is 99.0 cm³/mol. The molecule has 1 saturated carbocycles. The van der Waals surface area contributed by atoms with Crippen molar-refractivity contribution in [2.75, 3.05) is 33.2 Å². The lowest BCUT2D eigenvalue weighted by molar-refractivity contribution is -0.0204. The van der Waals surface area contributed by atoms with Crippen molar-refractivity contribution in [2.24, 2.45) is 5.92 Å². The van der Waals surface area contributed by atoms with Gasteiger partial charge in [0, 0.05) is 25.2 Å². The molecule has 0 atom stereocenters. The smallest absolute Gasteiger partial charge is 0.0578 e. The summed E-state index contributed by atoms with van der Waals surface area (Å²) in [5.41, 5.74) is 0.340. The Bertz CT molecular complexity index is 335. The summed E-state index contributed by atoms with van der Waals surface area (Å²) in [6.45, 7) is 14.0. The summed E-state index contributed by atoms with van der Waals surface area (Å²) in [5.74, 6) is 0.964. The zero-order valence-electron chi connectivity index (χ0n) is 16.3. The number of piperazine rings is 1. The molecule has 3 nitrogen and oxygen atoms in total. The minimum Gasteiger partial charge on any atom is -0.376 e. The number of rotatable bonds is 7. The van der Waals surface area contributed by atoms with Gasteiger partial charge in [0.15, 0.2) is 0 Å². The van der Waals surface area contributed by atoms with Crippen LogP contribution in [0.25, 0.3) is 0 Å². The maximum atomic E-state index is 5.96. The Labute approximate surface area is 144 Å². The Morgan fingerprint density at radius 3 is 2.35 bits per heavy atom. The van der Waals surface area contributed by atoms with Crippen LogP contribution in [0.1, 0.15) is 72.6 Å². The van der Waals surface area contributed by atoms with Crippen LogP contribution in [0.3, 0.4) is 0 Å². The summed E-state index contributed by atoms with van der Waals surface area (Å²) in [7, 11) is 2.26. The highest BCUT2D eigenvalue weighted by Crippen LogP contribution is 2.30. The van der Waals surface area contributed by atoms with E-state index in [4.69, 9.17) is 4.74 Å². The molecule has 2 rings (SSSR count). The fourth-order valence-electron chi connectivity index (χ4n) is 4.24. The molecule has 2 aliphatic rings. The van der Waals surface area contributed by atoms with Gasteiger partial charge in [-0.2, -0.15) is 0 Å². The van der Waals surface area contributed by atoms with E-state index in [1.165, 1.54) is 71.1 Å². The first-order valence-corrected chi connectivity index (χ1v) is 9.96. The molecule has 0 unspecified atom stereocenters. The van der Waals surface area contributed by atoms with Gasteiger partial charge in [0.1, 0.15) is 0 Å². The molecule has 0 aromatic rings. The van der Waals surface area contributed by atoms with Gasteiger partial charge in [0.05, 0.1) is 12.2 Å². The van der Waals surface area contributed by atoms with E-state index in [2.05, 4.69) is 44.5 Å². The van der Waals surface area contributed by atoms with Crippen molar-refractivity contribution in [3.8, 4) is 0 Å². The normalized spacial score (nSPS) is 30.0. The third-order valence-electron chi connectivity index (χ3n) is 5.99. The Kier molecular flexibility index (Phi) is 7.37.